The lowest BCUT2D eigenvalue weighted by Crippen LogP contribution is -2.52. The minimum Gasteiger partial charge on any atom is -0.356 e. The number of aromatic nitrogens is 2. The van der Waals surface area contributed by atoms with Crippen LogP contribution in [-0.2, 0) is 11.2 Å². The van der Waals surface area contributed by atoms with Crippen LogP contribution in [0.1, 0.15) is 62.5 Å². The van der Waals surface area contributed by atoms with E-state index >= 15 is 0 Å². The molecule has 1 aromatic heterocycles. The minimum absolute atomic E-state index is 0.336. The molecule has 3 aliphatic rings. The van der Waals surface area contributed by atoms with Crippen molar-refractivity contribution in [1.82, 2.24) is 14.9 Å². The van der Waals surface area contributed by atoms with Crippen LogP contribution < -0.4 is 4.90 Å². The van der Waals surface area contributed by atoms with Crippen LogP contribution in [0.3, 0.4) is 0 Å². The number of carbonyl (C=O) groups is 1. The summed E-state index contributed by atoms with van der Waals surface area (Å²) in [5.41, 5.74) is 2.75. The molecular formula is C21H32N4O. The third-order valence-corrected chi connectivity index (χ3v) is 6.70. The van der Waals surface area contributed by atoms with Crippen molar-refractivity contribution in [2.24, 2.45) is 11.3 Å². The second-order valence-corrected chi connectivity index (χ2v) is 8.72. The molecule has 5 heteroatoms. The highest BCUT2D eigenvalue weighted by atomic mass is 16.2. The molecule has 0 N–H and O–H groups in total. The van der Waals surface area contributed by atoms with Gasteiger partial charge in [-0.15, -0.1) is 0 Å². The maximum atomic E-state index is 12.3. The highest BCUT2D eigenvalue weighted by Gasteiger charge is 2.42. The molecule has 1 aromatic rings. The van der Waals surface area contributed by atoms with E-state index in [0.717, 1.165) is 68.7 Å². The van der Waals surface area contributed by atoms with E-state index in [1.165, 1.54) is 31.2 Å². The van der Waals surface area contributed by atoms with Crippen molar-refractivity contribution in [2.45, 2.75) is 65.7 Å². The summed E-state index contributed by atoms with van der Waals surface area (Å²) in [7, 11) is 0. The first-order chi connectivity index (χ1) is 12.5. The molecule has 3 fully saturated rings. The Labute approximate surface area is 157 Å². The van der Waals surface area contributed by atoms with Crippen molar-refractivity contribution in [2.75, 3.05) is 31.1 Å². The molecule has 1 amide bonds. The lowest BCUT2D eigenvalue weighted by Gasteiger charge is -2.48. The van der Waals surface area contributed by atoms with Gasteiger partial charge in [0.1, 0.15) is 11.6 Å². The molecule has 0 aromatic carbocycles. The molecule has 1 aliphatic carbocycles. The summed E-state index contributed by atoms with van der Waals surface area (Å²) in [5, 5.41) is 0. The fourth-order valence-electron chi connectivity index (χ4n) is 4.88. The topological polar surface area (TPSA) is 49.3 Å². The number of anilines is 1. The Morgan fingerprint density at radius 1 is 1.12 bits per heavy atom. The van der Waals surface area contributed by atoms with Gasteiger partial charge in [0.05, 0.1) is 0 Å². The molecule has 4 rings (SSSR count). The molecule has 2 aliphatic heterocycles. The summed E-state index contributed by atoms with van der Waals surface area (Å²) in [6.07, 6.45) is 7.78. The first-order valence-corrected chi connectivity index (χ1v) is 10.4. The van der Waals surface area contributed by atoms with E-state index in [1.54, 1.807) is 0 Å². The summed E-state index contributed by atoms with van der Waals surface area (Å²) >= 11 is 0. The molecule has 1 saturated carbocycles. The average molecular weight is 357 g/mol. The van der Waals surface area contributed by atoms with E-state index in [1.807, 2.05) is 6.92 Å². The summed E-state index contributed by atoms with van der Waals surface area (Å²) in [6.45, 7) is 10.4. The highest BCUT2D eigenvalue weighted by Crippen LogP contribution is 2.42. The van der Waals surface area contributed by atoms with E-state index in [2.05, 4.69) is 28.6 Å². The van der Waals surface area contributed by atoms with Crippen LogP contribution in [0.25, 0.3) is 0 Å². The number of rotatable bonds is 4. The predicted molar refractivity (Wildman–Crippen MR) is 103 cm³/mol. The van der Waals surface area contributed by atoms with Crippen LogP contribution in [0.4, 0.5) is 5.82 Å². The van der Waals surface area contributed by atoms with Crippen LogP contribution in [0.2, 0.25) is 0 Å². The molecule has 2 saturated heterocycles. The quantitative estimate of drug-likeness (QED) is 0.831. The predicted octanol–water partition coefficient (Wildman–Crippen LogP) is 3.27. The minimum atomic E-state index is 0.336. The molecule has 0 radical (unpaired) electrons. The van der Waals surface area contributed by atoms with Crippen LogP contribution in [0.15, 0.2) is 0 Å². The molecule has 0 atom stereocenters. The normalized spacial score (nSPS) is 23.0. The smallest absolute Gasteiger partial charge is 0.222 e. The van der Waals surface area contributed by atoms with Gasteiger partial charge in [-0.3, -0.25) is 4.79 Å². The third kappa shape index (κ3) is 3.45. The molecule has 1 spiro atoms. The lowest BCUT2D eigenvalue weighted by atomic mass is 9.72. The maximum Gasteiger partial charge on any atom is 0.222 e. The summed E-state index contributed by atoms with van der Waals surface area (Å²) in [6, 6.07) is 0. The van der Waals surface area contributed by atoms with Gasteiger partial charge in [0.15, 0.2) is 0 Å². The monoisotopic (exact) mass is 356 g/mol. The van der Waals surface area contributed by atoms with Crippen molar-refractivity contribution in [1.29, 1.82) is 0 Å². The van der Waals surface area contributed by atoms with Gasteiger partial charge in [0.2, 0.25) is 5.91 Å². The van der Waals surface area contributed by atoms with Crippen molar-refractivity contribution >= 4 is 11.7 Å². The van der Waals surface area contributed by atoms with E-state index in [-0.39, 0.29) is 0 Å². The standard InChI is InChI=1S/C21H32N4O/c1-4-18-15(2)22-16(3)23-20(18)24-11-9-21(10-12-24)8-7-19(26)25(14-21)13-17-5-6-17/h17H,4-14H2,1-3H3. The fourth-order valence-corrected chi connectivity index (χ4v) is 4.88. The Morgan fingerprint density at radius 2 is 1.85 bits per heavy atom. The van der Waals surface area contributed by atoms with E-state index < -0.39 is 0 Å². The van der Waals surface area contributed by atoms with Gasteiger partial charge < -0.3 is 9.80 Å². The first kappa shape index (κ1) is 17.7. The maximum absolute atomic E-state index is 12.3. The Balaban J connectivity index is 1.46. The molecule has 3 heterocycles. The zero-order chi connectivity index (χ0) is 18.3. The Morgan fingerprint density at radius 3 is 2.50 bits per heavy atom. The average Bonchev–Trinajstić information content (AvgIpc) is 3.43. The van der Waals surface area contributed by atoms with Gasteiger partial charge in [-0.25, -0.2) is 9.97 Å². The fraction of sp³-hybridized carbons (Fsp3) is 0.762. The van der Waals surface area contributed by atoms with Gasteiger partial charge in [-0.1, -0.05) is 6.92 Å². The molecule has 0 bridgehead atoms. The molecule has 142 valence electrons. The van der Waals surface area contributed by atoms with Crippen LogP contribution in [-0.4, -0.2) is 47.0 Å². The summed E-state index contributed by atoms with van der Waals surface area (Å²) in [4.78, 5) is 26.3. The number of hydrogen-bond acceptors (Lipinski definition) is 4. The second-order valence-electron chi connectivity index (χ2n) is 8.72. The van der Waals surface area contributed by atoms with E-state index in [0.29, 0.717) is 11.3 Å². The van der Waals surface area contributed by atoms with Gasteiger partial charge >= 0.3 is 0 Å². The van der Waals surface area contributed by atoms with Crippen LogP contribution >= 0.6 is 0 Å². The van der Waals surface area contributed by atoms with Crippen LogP contribution in [0.5, 0.6) is 0 Å². The van der Waals surface area contributed by atoms with Crippen molar-refractivity contribution in [3.05, 3.63) is 17.1 Å². The number of amides is 1. The molecular weight excluding hydrogens is 324 g/mol. The number of hydrogen-bond donors (Lipinski definition) is 0. The van der Waals surface area contributed by atoms with Crippen molar-refractivity contribution in [3.8, 4) is 0 Å². The molecule has 5 nitrogen and oxygen atoms in total. The van der Waals surface area contributed by atoms with Crippen molar-refractivity contribution in [3.63, 3.8) is 0 Å². The van der Waals surface area contributed by atoms with Gasteiger partial charge in [0, 0.05) is 43.9 Å². The number of nitrogens with zero attached hydrogens (tertiary/aromatic N) is 4. The number of likely N-dealkylation sites (tertiary alicyclic amines) is 1. The zero-order valence-corrected chi connectivity index (χ0v) is 16.6. The second kappa shape index (κ2) is 6.82. The van der Waals surface area contributed by atoms with E-state index in [9.17, 15) is 4.79 Å². The summed E-state index contributed by atoms with van der Waals surface area (Å²) < 4.78 is 0. The SMILES string of the molecule is CCc1c(C)nc(C)nc1N1CCC2(CCC(=O)N(CC3CC3)C2)CC1. The largest absolute Gasteiger partial charge is 0.356 e. The Hall–Kier alpha value is -1.65. The first-order valence-electron chi connectivity index (χ1n) is 10.4. The Bertz CT molecular complexity index is 689. The highest BCUT2D eigenvalue weighted by molar-refractivity contribution is 5.77. The molecule has 0 unspecified atom stereocenters. The number of carbonyl (C=O) groups excluding carboxylic acids is 1. The van der Waals surface area contributed by atoms with Crippen LogP contribution in [0, 0.1) is 25.2 Å². The number of aryl methyl sites for hydroxylation is 2. The number of piperidine rings is 2. The van der Waals surface area contributed by atoms with Gasteiger partial charge in [-0.2, -0.15) is 0 Å². The summed E-state index contributed by atoms with van der Waals surface area (Å²) in [5.74, 6) is 3.19. The Kier molecular flexibility index (Phi) is 4.66. The van der Waals surface area contributed by atoms with Crippen molar-refractivity contribution < 1.29 is 4.79 Å². The van der Waals surface area contributed by atoms with E-state index in [4.69, 9.17) is 4.98 Å². The zero-order valence-electron chi connectivity index (χ0n) is 16.6. The lowest BCUT2D eigenvalue weighted by molar-refractivity contribution is -0.138. The molecule has 26 heavy (non-hydrogen) atoms. The van der Waals surface area contributed by atoms with Gasteiger partial charge in [-0.05, 0) is 63.7 Å². The van der Waals surface area contributed by atoms with Gasteiger partial charge in [0.25, 0.3) is 0 Å². The third-order valence-electron chi connectivity index (χ3n) is 6.70.